The third-order valence-electron chi connectivity index (χ3n) is 7.25. The monoisotopic (exact) mass is 458 g/mol. The average molecular weight is 459 g/mol. The largest absolute Gasteiger partial charge is 0.468 e. The molecule has 1 aliphatic carbocycles. The number of imide groups is 1. The normalized spacial score (nSPS) is 30.8. The number of esters is 1. The Hall–Kier alpha value is -1.86. The number of thioether (sulfide) groups is 1. The molecule has 2 heterocycles. The van der Waals surface area contributed by atoms with Crippen molar-refractivity contribution in [2.24, 2.45) is 17.8 Å². The number of hydrogen-bond acceptors (Lipinski definition) is 6. The summed E-state index contributed by atoms with van der Waals surface area (Å²) < 4.78 is 5.17. The highest BCUT2D eigenvalue weighted by Gasteiger charge is 2.68. The lowest BCUT2D eigenvalue weighted by Crippen LogP contribution is -2.56. The molecule has 2 aliphatic heterocycles. The fraction of sp³-hybridized carbons (Fsp3) is 0.640. The summed E-state index contributed by atoms with van der Waals surface area (Å²) in [6.07, 6.45) is 6.91. The Balaban J connectivity index is 1.65. The highest BCUT2D eigenvalue weighted by molar-refractivity contribution is 8.00. The summed E-state index contributed by atoms with van der Waals surface area (Å²) in [5.74, 6) is -2.22. The Kier molecular flexibility index (Phi) is 6.68. The summed E-state index contributed by atoms with van der Waals surface area (Å²) >= 11 is 1.93. The molecule has 1 saturated carbocycles. The Morgan fingerprint density at radius 2 is 1.81 bits per heavy atom. The SMILES string of the molecule is COC(=O)[C@]1(CC(C)C)NC(c2ccc(SC3CCCCC3)cc2)C2C(=O)N(C)C(=O)C21. The molecule has 2 amide bonds. The molecule has 1 N–H and O–H groups in total. The molecule has 4 atom stereocenters. The zero-order valence-corrected chi connectivity index (χ0v) is 20.2. The molecule has 3 unspecified atom stereocenters. The van der Waals surface area contributed by atoms with E-state index in [1.165, 1.54) is 56.1 Å². The lowest BCUT2D eigenvalue weighted by atomic mass is 9.75. The van der Waals surface area contributed by atoms with Crippen molar-refractivity contribution in [2.45, 2.75) is 74.1 Å². The van der Waals surface area contributed by atoms with Crippen LogP contribution >= 0.6 is 11.8 Å². The summed E-state index contributed by atoms with van der Waals surface area (Å²) in [7, 11) is 2.86. The molecule has 3 aliphatic rings. The van der Waals surface area contributed by atoms with E-state index in [2.05, 4.69) is 17.4 Å². The van der Waals surface area contributed by atoms with Crippen LogP contribution < -0.4 is 5.32 Å². The van der Waals surface area contributed by atoms with Gasteiger partial charge < -0.3 is 4.74 Å². The fourth-order valence-electron chi connectivity index (χ4n) is 5.85. The maximum absolute atomic E-state index is 13.1. The van der Waals surface area contributed by atoms with Gasteiger partial charge in [0.2, 0.25) is 11.8 Å². The summed E-state index contributed by atoms with van der Waals surface area (Å²) in [5, 5.41) is 4.11. The highest BCUT2D eigenvalue weighted by atomic mass is 32.2. The average Bonchev–Trinajstić information content (AvgIpc) is 3.24. The van der Waals surface area contributed by atoms with Crippen LogP contribution in [0.5, 0.6) is 0 Å². The molecule has 174 valence electrons. The second-order valence-electron chi connectivity index (χ2n) is 9.87. The van der Waals surface area contributed by atoms with Crippen molar-refractivity contribution in [1.82, 2.24) is 10.2 Å². The molecular formula is C25H34N2O4S. The summed E-state index contributed by atoms with van der Waals surface area (Å²) in [6.45, 7) is 4.02. The van der Waals surface area contributed by atoms with Crippen LogP contribution in [0, 0.1) is 17.8 Å². The van der Waals surface area contributed by atoms with Gasteiger partial charge in [0, 0.05) is 23.2 Å². The lowest BCUT2D eigenvalue weighted by Gasteiger charge is -2.33. The van der Waals surface area contributed by atoms with E-state index < -0.39 is 29.4 Å². The topological polar surface area (TPSA) is 75.7 Å². The van der Waals surface area contributed by atoms with Crippen LogP contribution in [0.2, 0.25) is 0 Å². The van der Waals surface area contributed by atoms with E-state index in [0.29, 0.717) is 11.7 Å². The van der Waals surface area contributed by atoms with Gasteiger partial charge in [0.25, 0.3) is 0 Å². The van der Waals surface area contributed by atoms with Crippen LogP contribution in [0.15, 0.2) is 29.2 Å². The van der Waals surface area contributed by atoms with Crippen LogP contribution in [0.3, 0.4) is 0 Å². The number of nitrogens with one attached hydrogen (secondary N) is 1. The molecule has 1 aromatic rings. The Bertz CT molecular complexity index is 880. The number of amides is 2. The Morgan fingerprint density at radius 1 is 1.16 bits per heavy atom. The number of fused-ring (bicyclic) bond motifs is 1. The Morgan fingerprint density at radius 3 is 2.41 bits per heavy atom. The van der Waals surface area contributed by atoms with Gasteiger partial charge in [-0.15, -0.1) is 11.8 Å². The quantitative estimate of drug-likeness (QED) is 0.514. The van der Waals surface area contributed by atoms with Gasteiger partial charge in [-0.25, -0.2) is 0 Å². The number of likely N-dealkylation sites (tertiary alicyclic amines) is 1. The summed E-state index contributed by atoms with van der Waals surface area (Å²) in [5.41, 5.74) is -0.273. The fourth-order valence-corrected chi connectivity index (χ4v) is 7.09. The van der Waals surface area contributed by atoms with Crippen LogP contribution in [-0.2, 0) is 19.1 Å². The zero-order valence-electron chi connectivity index (χ0n) is 19.4. The minimum absolute atomic E-state index is 0.143. The number of carbonyl (C=O) groups is 3. The predicted molar refractivity (Wildman–Crippen MR) is 124 cm³/mol. The first-order valence-electron chi connectivity index (χ1n) is 11.7. The zero-order chi connectivity index (χ0) is 23.0. The second-order valence-corrected chi connectivity index (χ2v) is 11.2. The van der Waals surface area contributed by atoms with E-state index >= 15 is 0 Å². The van der Waals surface area contributed by atoms with Gasteiger partial charge in [-0.3, -0.25) is 24.6 Å². The highest BCUT2D eigenvalue weighted by Crippen LogP contribution is 2.51. The van der Waals surface area contributed by atoms with Gasteiger partial charge in [-0.1, -0.05) is 45.2 Å². The molecule has 7 heteroatoms. The third-order valence-corrected chi connectivity index (χ3v) is 8.60. The second kappa shape index (κ2) is 9.18. The van der Waals surface area contributed by atoms with Crippen LogP contribution in [0.4, 0.5) is 0 Å². The molecule has 0 aromatic heterocycles. The first kappa shape index (κ1) is 23.3. The van der Waals surface area contributed by atoms with Gasteiger partial charge in [0.05, 0.1) is 18.9 Å². The van der Waals surface area contributed by atoms with Crippen molar-refractivity contribution in [3.63, 3.8) is 0 Å². The van der Waals surface area contributed by atoms with E-state index in [-0.39, 0.29) is 17.7 Å². The standard InChI is InChI=1S/C25H34N2O4S/c1-15(2)14-25(24(30)31-4)20-19(22(28)27(3)23(20)29)21(26-25)16-10-12-18(13-11-16)32-17-8-6-5-7-9-17/h10-13,15,17,19-21,26H,5-9,14H2,1-4H3/t19?,20?,21?,25-/m1/s1. The van der Waals surface area contributed by atoms with Crippen molar-refractivity contribution in [3.05, 3.63) is 29.8 Å². The first-order chi connectivity index (χ1) is 15.3. The van der Waals surface area contributed by atoms with Gasteiger partial charge in [0.15, 0.2) is 0 Å². The number of carbonyl (C=O) groups excluding carboxylic acids is 3. The van der Waals surface area contributed by atoms with E-state index in [9.17, 15) is 14.4 Å². The van der Waals surface area contributed by atoms with E-state index in [0.717, 1.165) is 5.56 Å². The number of benzene rings is 1. The van der Waals surface area contributed by atoms with Crippen LogP contribution in [-0.4, -0.2) is 47.6 Å². The van der Waals surface area contributed by atoms with Crippen LogP contribution in [0.25, 0.3) is 0 Å². The van der Waals surface area contributed by atoms with Gasteiger partial charge >= 0.3 is 5.97 Å². The van der Waals surface area contributed by atoms with Gasteiger partial charge in [-0.05, 0) is 42.9 Å². The van der Waals surface area contributed by atoms with Crippen molar-refractivity contribution < 1.29 is 19.1 Å². The maximum atomic E-state index is 13.1. The number of ether oxygens (including phenoxy) is 1. The van der Waals surface area contributed by atoms with E-state index in [4.69, 9.17) is 4.74 Å². The summed E-state index contributed by atoms with van der Waals surface area (Å²) in [4.78, 5) is 41.7. The first-order valence-corrected chi connectivity index (χ1v) is 12.6. The van der Waals surface area contributed by atoms with Crippen LogP contribution in [0.1, 0.15) is 64.0 Å². The van der Waals surface area contributed by atoms with Crippen molar-refractivity contribution in [2.75, 3.05) is 14.2 Å². The number of methoxy groups -OCH3 is 1. The van der Waals surface area contributed by atoms with Gasteiger partial charge in [-0.2, -0.15) is 0 Å². The minimum Gasteiger partial charge on any atom is -0.468 e. The van der Waals surface area contributed by atoms with E-state index in [1.807, 2.05) is 37.7 Å². The molecule has 32 heavy (non-hydrogen) atoms. The third kappa shape index (κ3) is 3.98. The lowest BCUT2D eigenvalue weighted by molar-refractivity contribution is -0.154. The number of nitrogens with zero attached hydrogens (tertiary/aromatic N) is 1. The molecule has 0 bridgehead atoms. The van der Waals surface area contributed by atoms with Crippen molar-refractivity contribution in [3.8, 4) is 0 Å². The van der Waals surface area contributed by atoms with Gasteiger partial charge in [0.1, 0.15) is 5.54 Å². The molecule has 1 aromatic carbocycles. The van der Waals surface area contributed by atoms with Crippen molar-refractivity contribution in [1.29, 1.82) is 0 Å². The molecule has 3 fully saturated rings. The Labute approximate surface area is 194 Å². The molecule has 2 saturated heterocycles. The molecule has 0 radical (unpaired) electrons. The smallest absolute Gasteiger partial charge is 0.326 e. The number of hydrogen-bond donors (Lipinski definition) is 1. The molecule has 0 spiro atoms. The molecule has 4 rings (SSSR count). The predicted octanol–water partition coefficient (Wildman–Crippen LogP) is 3.94. The number of rotatable bonds is 6. The van der Waals surface area contributed by atoms with E-state index in [1.54, 1.807) is 0 Å². The maximum Gasteiger partial charge on any atom is 0.326 e. The van der Waals surface area contributed by atoms with Crippen molar-refractivity contribution >= 4 is 29.5 Å². The molecule has 6 nitrogen and oxygen atoms in total. The summed E-state index contributed by atoms with van der Waals surface area (Å²) in [6, 6.07) is 7.89. The minimum atomic E-state index is -1.20. The molecular weight excluding hydrogens is 424 g/mol.